The molecule has 0 aliphatic carbocycles. The van der Waals surface area contributed by atoms with Crippen LogP contribution >= 0.6 is 0 Å². The number of carbonyl (C=O) groups is 2. The molecule has 0 radical (unpaired) electrons. The zero-order chi connectivity index (χ0) is 13.9. The van der Waals surface area contributed by atoms with E-state index in [9.17, 15) is 22.8 Å². The van der Waals surface area contributed by atoms with Crippen molar-refractivity contribution in [1.82, 2.24) is 4.90 Å². The molecule has 1 rings (SSSR count). The molecule has 1 aromatic heterocycles. The number of furan rings is 1. The zero-order valence-corrected chi connectivity index (χ0v) is 9.32. The minimum atomic E-state index is -4.65. The standard InChI is InChI=1S/C10H10F3NO4/c1-14(5-4-8(15)16)9(17)6-2-3-7(18-6)10(11,12)13/h2-3H,4-5H2,1H3,(H,15,16). The van der Waals surface area contributed by atoms with Gasteiger partial charge in [-0.05, 0) is 12.1 Å². The number of carbonyl (C=O) groups excluding carboxylic acids is 1. The summed E-state index contributed by atoms with van der Waals surface area (Å²) in [4.78, 5) is 22.8. The molecule has 0 saturated carbocycles. The molecule has 8 heteroatoms. The molecule has 1 heterocycles. The summed E-state index contributed by atoms with van der Waals surface area (Å²) in [5.74, 6) is -3.65. The van der Waals surface area contributed by atoms with Gasteiger partial charge in [-0.3, -0.25) is 9.59 Å². The SMILES string of the molecule is CN(CCC(=O)O)C(=O)c1ccc(C(F)(F)F)o1. The van der Waals surface area contributed by atoms with Crippen molar-refractivity contribution in [3.63, 3.8) is 0 Å². The van der Waals surface area contributed by atoms with Gasteiger partial charge in [0.05, 0.1) is 6.42 Å². The highest BCUT2D eigenvalue weighted by Gasteiger charge is 2.35. The summed E-state index contributed by atoms with van der Waals surface area (Å²) >= 11 is 0. The van der Waals surface area contributed by atoms with Crippen molar-refractivity contribution in [2.75, 3.05) is 13.6 Å². The van der Waals surface area contributed by atoms with Crippen molar-refractivity contribution in [2.45, 2.75) is 12.6 Å². The number of rotatable bonds is 4. The Morgan fingerprint density at radius 1 is 1.39 bits per heavy atom. The summed E-state index contributed by atoms with van der Waals surface area (Å²) in [6, 6.07) is 1.56. The van der Waals surface area contributed by atoms with Crippen molar-refractivity contribution in [3.05, 3.63) is 23.7 Å². The van der Waals surface area contributed by atoms with Crippen molar-refractivity contribution < 1.29 is 32.3 Å². The average Bonchev–Trinajstić information content (AvgIpc) is 2.73. The van der Waals surface area contributed by atoms with Gasteiger partial charge >= 0.3 is 12.1 Å². The number of aliphatic carboxylic acids is 1. The third kappa shape index (κ3) is 3.51. The average molecular weight is 265 g/mol. The van der Waals surface area contributed by atoms with Gasteiger partial charge in [0, 0.05) is 13.6 Å². The molecule has 1 amide bonds. The number of hydrogen-bond donors (Lipinski definition) is 1. The first-order valence-electron chi connectivity index (χ1n) is 4.86. The van der Waals surface area contributed by atoms with Gasteiger partial charge in [0.2, 0.25) is 5.76 Å². The van der Waals surface area contributed by atoms with Gasteiger partial charge in [-0.1, -0.05) is 0 Å². The van der Waals surface area contributed by atoms with Gasteiger partial charge < -0.3 is 14.4 Å². The van der Waals surface area contributed by atoms with Gasteiger partial charge in [-0.15, -0.1) is 0 Å². The second-order valence-corrected chi connectivity index (χ2v) is 3.53. The molecule has 1 aromatic rings. The summed E-state index contributed by atoms with van der Waals surface area (Å²) in [5, 5.41) is 8.42. The molecule has 1 N–H and O–H groups in total. The minimum absolute atomic E-state index is 0.115. The Labute approximate surface area is 99.8 Å². The van der Waals surface area contributed by atoms with E-state index in [0.717, 1.165) is 11.0 Å². The summed E-state index contributed by atoms with van der Waals surface area (Å²) in [7, 11) is 1.28. The van der Waals surface area contributed by atoms with Crippen molar-refractivity contribution in [1.29, 1.82) is 0 Å². The Bertz CT molecular complexity index is 452. The zero-order valence-electron chi connectivity index (χ0n) is 9.32. The molecule has 0 fully saturated rings. The highest BCUT2D eigenvalue weighted by Crippen LogP contribution is 2.30. The Balaban J connectivity index is 2.72. The van der Waals surface area contributed by atoms with E-state index in [1.807, 2.05) is 0 Å². The fraction of sp³-hybridized carbons (Fsp3) is 0.400. The Hall–Kier alpha value is -1.99. The van der Waals surface area contributed by atoms with Crippen LogP contribution in [-0.2, 0) is 11.0 Å². The highest BCUT2D eigenvalue weighted by molar-refractivity contribution is 5.91. The largest absolute Gasteiger partial charge is 0.481 e. The maximum absolute atomic E-state index is 12.2. The van der Waals surface area contributed by atoms with Crippen molar-refractivity contribution >= 4 is 11.9 Å². The Morgan fingerprint density at radius 2 is 2.00 bits per heavy atom. The lowest BCUT2D eigenvalue weighted by atomic mass is 10.3. The molecular formula is C10H10F3NO4. The smallest absolute Gasteiger partial charge is 0.449 e. The van der Waals surface area contributed by atoms with Crippen molar-refractivity contribution in [3.8, 4) is 0 Å². The number of carboxylic acid groups (broad SMARTS) is 1. The van der Waals surface area contributed by atoms with Crippen LogP contribution in [0, 0.1) is 0 Å². The third-order valence-corrected chi connectivity index (χ3v) is 2.10. The molecular weight excluding hydrogens is 255 g/mol. The van der Waals surface area contributed by atoms with E-state index in [2.05, 4.69) is 4.42 Å². The van der Waals surface area contributed by atoms with Crippen LogP contribution in [0.25, 0.3) is 0 Å². The lowest BCUT2D eigenvalue weighted by Gasteiger charge is -2.14. The maximum atomic E-state index is 12.2. The minimum Gasteiger partial charge on any atom is -0.481 e. The summed E-state index contributed by atoms with van der Waals surface area (Å²) in [6.45, 7) is -0.115. The van der Waals surface area contributed by atoms with Crippen LogP contribution in [0.3, 0.4) is 0 Å². The molecule has 0 aliphatic heterocycles. The molecule has 0 unspecified atom stereocenters. The van der Waals surface area contributed by atoms with Crippen LogP contribution in [-0.4, -0.2) is 35.5 Å². The third-order valence-electron chi connectivity index (χ3n) is 2.10. The van der Waals surface area contributed by atoms with Gasteiger partial charge in [0.25, 0.3) is 5.91 Å². The molecule has 100 valence electrons. The van der Waals surface area contributed by atoms with Crippen LogP contribution < -0.4 is 0 Å². The molecule has 0 aromatic carbocycles. The van der Waals surface area contributed by atoms with E-state index < -0.39 is 29.6 Å². The van der Waals surface area contributed by atoms with Crippen LogP contribution in [0.2, 0.25) is 0 Å². The number of alkyl halides is 3. The van der Waals surface area contributed by atoms with Crippen LogP contribution in [0.4, 0.5) is 13.2 Å². The van der Waals surface area contributed by atoms with Crippen LogP contribution in [0.1, 0.15) is 22.7 Å². The number of amides is 1. The molecule has 0 bridgehead atoms. The van der Waals surface area contributed by atoms with Gasteiger partial charge in [-0.25, -0.2) is 0 Å². The molecule has 5 nitrogen and oxygen atoms in total. The van der Waals surface area contributed by atoms with E-state index in [1.54, 1.807) is 0 Å². The number of hydrogen-bond acceptors (Lipinski definition) is 3. The Morgan fingerprint density at radius 3 is 2.44 bits per heavy atom. The molecule has 18 heavy (non-hydrogen) atoms. The second-order valence-electron chi connectivity index (χ2n) is 3.53. The quantitative estimate of drug-likeness (QED) is 0.901. The summed E-state index contributed by atoms with van der Waals surface area (Å²) in [6.07, 6.45) is -4.95. The monoisotopic (exact) mass is 265 g/mol. The first-order valence-corrected chi connectivity index (χ1v) is 4.86. The summed E-state index contributed by atoms with van der Waals surface area (Å²) in [5.41, 5.74) is 0. The predicted molar refractivity (Wildman–Crippen MR) is 52.9 cm³/mol. The number of nitrogens with zero attached hydrogens (tertiary/aromatic N) is 1. The maximum Gasteiger partial charge on any atom is 0.449 e. The first kappa shape index (κ1) is 14.1. The molecule has 0 aliphatic rings. The fourth-order valence-electron chi connectivity index (χ4n) is 1.16. The van der Waals surface area contributed by atoms with E-state index in [-0.39, 0.29) is 13.0 Å². The number of halogens is 3. The predicted octanol–water partition coefficient (Wildman–Crippen LogP) is 1.85. The summed E-state index contributed by atoms with van der Waals surface area (Å²) < 4.78 is 41.0. The van der Waals surface area contributed by atoms with Gasteiger partial charge in [-0.2, -0.15) is 13.2 Å². The van der Waals surface area contributed by atoms with Crippen LogP contribution in [0.5, 0.6) is 0 Å². The highest BCUT2D eigenvalue weighted by atomic mass is 19.4. The molecule has 0 saturated heterocycles. The van der Waals surface area contributed by atoms with Crippen LogP contribution in [0.15, 0.2) is 16.5 Å². The molecule has 0 spiro atoms. The van der Waals surface area contributed by atoms with Crippen molar-refractivity contribution in [2.24, 2.45) is 0 Å². The Kier molecular flexibility index (Phi) is 4.00. The van der Waals surface area contributed by atoms with E-state index in [1.165, 1.54) is 7.05 Å². The first-order chi connectivity index (χ1) is 8.21. The lowest BCUT2D eigenvalue weighted by Crippen LogP contribution is -2.28. The van der Waals surface area contributed by atoms with E-state index >= 15 is 0 Å². The second kappa shape index (κ2) is 5.11. The number of carboxylic acids is 1. The van der Waals surface area contributed by atoms with E-state index in [0.29, 0.717) is 6.07 Å². The molecule has 0 atom stereocenters. The topological polar surface area (TPSA) is 70.8 Å². The van der Waals surface area contributed by atoms with Gasteiger partial charge in [0.15, 0.2) is 5.76 Å². The lowest BCUT2D eigenvalue weighted by molar-refractivity contribution is -0.153. The van der Waals surface area contributed by atoms with Gasteiger partial charge in [0.1, 0.15) is 0 Å². The fourth-order valence-corrected chi connectivity index (χ4v) is 1.16. The normalized spacial score (nSPS) is 11.3. The van der Waals surface area contributed by atoms with E-state index in [4.69, 9.17) is 5.11 Å².